The van der Waals surface area contributed by atoms with E-state index in [0.29, 0.717) is 29.4 Å². The van der Waals surface area contributed by atoms with Crippen LogP contribution in [0.1, 0.15) is 12.5 Å². The summed E-state index contributed by atoms with van der Waals surface area (Å²) < 4.78 is 16.3. The lowest BCUT2D eigenvalue weighted by Crippen LogP contribution is -2.01. The summed E-state index contributed by atoms with van der Waals surface area (Å²) in [7, 11) is 3.17. The van der Waals surface area contributed by atoms with Crippen LogP contribution in [-0.2, 0) is 11.2 Å². The van der Waals surface area contributed by atoms with Gasteiger partial charge >= 0.3 is 5.97 Å². The number of carboxylic acid groups (broad SMARTS) is 1. The second-order valence-corrected chi connectivity index (χ2v) is 5.76. The molecular formula is C20H21NO5. The standard InChI is InChI=1S/C20H21NO5/c1-4-26-17-8-5-12(9-18(17)25-3)20-15(11-19(22)23)14-10-13(24-2)6-7-16(14)21-20/h5-10,21H,4,11H2,1-3H3,(H,22,23). The molecule has 0 fully saturated rings. The molecule has 0 aliphatic heterocycles. The summed E-state index contributed by atoms with van der Waals surface area (Å²) in [6, 6.07) is 11.1. The maximum Gasteiger partial charge on any atom is 0.307 e. The first-order valence-electron chi connectivity index (χ1n) is 8.29. The largest absolute Gasteiger partial charge is 0.497 e. The van der Waals surface area contributed by atoms with E-state index >= 15 is 0 Å². The maximum absolute atomic E-state index is 11.4. The molecule has 0 spiro atoms. The molecule has 0 saturated heterocycles. The fraction of sp³-hybridized carbons (Fsp3) is 0.250. The lowest BCUT2D eigenvalue weighted by molar-refractivity contribution is -0.136. The van der Waals surface area contributed by atoms with Gasteiger partial charge in [-0.05, 0) is 48.9 Å². The number of rotatable bonds is 7. The first kappa shape index (κ1) is 17.7. The average Bonchev–Trinajstić information content (AvgIpc) is 2.99. The molecule has 0 aliphatic rings. The lowest BCUT2D eigenvalue weighted by atomic mass is 10.0. The lowest BCUT2D eigenvalue weighted by Gasteiger charge is -2.11. The van der Waals surface area contributed by atoms with Gasteiger partial charge in [-0.15, -0.1) is 0 Å². The van der Waals surface area contributed by atoms with Crippen molar-refractivity contribution in [3.8, 4) is 28.5 Å². The number of carboxylic acids is 1. The molecule has 26 heavy (non-hydrogen) atoms. The number of ether oxygens (including phenoxy) is 3. The second kappa shape index (κ2) is 7.39. The fourth-order valence-corrected chi connectivity index (χ4v) is 3.03. The maximum atomic E-state index is 11.4. The molecule has 0 amide bonds. The highest BCUT2D eigenvalue weighted by atomic mass is 16.5. The summed E-state index contributed by atoms with van der Waals surface area (Å²) in [6.45, 7) is 2.44. The number of carbonyl (C=O) groups is 1. The van der Waals surface area contributed by atoms with Gasteiger partial charge in [0.05, 0.1) is 32.9 Å². The summed E-state index contributed by atoms with van der Waals surface area (Å²) in [4.78, 5) is 14.7. The number of nitrogens with one attached hydrogen (secondary N) is 1. The fourth-order valence-electron chi connectivity index (χ4n) is 3.03. The van der Waals surface area contributed by atoms with Crippen LogP contribution in [0.3, 0.4) is 0 Å². The minimum absolute atomic E-state index is 0.0992. The molecule has 6 nitrogen and oxygen atoms in total. The number of hydrogen-bond donors (Lipinski definition) is 2. The normalized spacial score (nSPS) is 10.7. The minimum Gasteiger partial charge on any atom is -0.497 e. The van der Waals surface area contributed by atoms with E-state index in [1.807, 2.05) is 43.3 Å². The van der Waals surface area contributed by atoms with E-state index in [-0.39, 0.29) is 6.42 Å². The third kappa shape index (κ3) is 3.31. The van der Waals surface area contributed by atoms with Crippen molar-refractivity contribution in [1.29, 1.82) is 0 Å². The van der Waals surface area contributed by atoms with Crippen molar-refractivity contribution in [1.82, 2.24) is 4.98 Å². The summed E-state index contributed by atoms with van der Waals surface area (Å²) in [6.07, 6.45) is -0.0992. The van der Waals surface area contributed by atoms with Crippen LogP contribution in [0, 0.1) is 0 Å². The predicted molar refractivity (Wildman–Crippen MR) is 99.3 cm³/mol. The Kier molecular flexibility index (Phi) is 5.02. The van der Waals surface area contributed by atoms with Crippen molar-refractivity contribution in [2.75, 3.05) is 20.8 Å². The third-order valence-corrected chi connectivity index (χ3v) is 4.19. The van der Waals surface area contributed by atoms with Gasteiger partial charge in [0.2, 0.25) is 0 Å². The van der Waals surface area contributed by atoms with Gasteiger partial charge in [-0.1, -0.05) is 0 Å². The van der Waals surface area contributed by atoms with E-state index in [4.69, 9.17) is 14.2 Å². The Bertz CT molecular complexity index is 945. The van der Waals surface area contributed by atoms with Crippen molar-refractivity contribution in [2.45, 2.75) is 13.3 Å². The van der Waals surface area contributed by atoms with Crippen molar-refractivity contribution in [3.63, 3.8) is 0 Å². The van der Waals surface area contributed by atoms with Gasteiger partial charge in [-0.25, -0.2) is 0 Å². The van der Waals surface area contributed by atoms with Gasteiger partial charge in [0.25, 0.3) is 0 Å². The molecule has 0 bridgehead atoms. The van der Waals surface area contributed by atoms with Gasteiger partial charge in [0.1, 0.15) is 5.75 Å². The summed E-state index contributed by atoms with van der Waals surface area (Å²) in [5.41, 5.74) is 3.14. The number of aromatic amines is 1. The van der Waals surface area contributed by atoms with Crippen LogP contribution >= 0.6 is 0 Å². The van der Waals surface area contributed by atoms with Crippen LogP contribution in [-0.4, -0.2) is 36.9 Å². The Labute approximate surface area is 151 Å². The average molecular weight is 355 g/mol. The monoisotopic (exact) mass is 355 g/mol. The first-order chi connectivity index (χ1) is 12.6. The number of H-pyrrole nitrogens is 1. The Morgan fingerprint density at radius 1 is 1.08 bits per heavy atom. The molecule has 136 valence electrons. The van der Waals surface area contributed by atoms with Gasteiger partial charge < -0.3 is 24.3 Å². The number of hydrogen-bond acceptors (Lipinski definition) is 4. The highest BCUT2D eigenvalue weighted by Gasteiger charge is 2.18. The molecule has 0 aliphatic carbocycles. The van der Waals surface area contributed by atoms with Crippen molar-refractivity contribution >= 4 is 16.9 Å². The van der Waals surface area contributed by atoms with E-state index in [1.165, 1.54) is 0 Å². The molecule has 3 rings (SSSR count). The van der Waals surface area contributed by atoms with Crippen LogP contribution in [0.5, 0.6) is 17.2 Å². The molecule has 1 aromatic heterocycles. The molecule has 0 radical (unpaired) electrons. The smallest absolute Gasteiger partial charge is 0.307 e. The second-order valence-electron chi connectivity index (χ2n) is 5.76. The Balaban J connectivity index is 2.18. The first-order valence-corrected chi connectivity index (χ1v) is 8.29. The molecule has 1 heterocycles. The Morgan fingerprint density at radius 3 is 2.54 bits per heavy atom. The highest BCUT2D eigenvalue weighted by Crippen LogP contribution is 2.37. The Morgan fingerprint density at radius 2 is 1.88 bits per heavy atom. The summed E-state index contributed by atoms with van der Waals surface area (Å²) in [5.74, 6) is 1.03. The molecular weight excluding hydrogens is 334 g/mol. The molecule has 0 unspecified atom stereocenters. The third-order valence-electron chi connectivity index (χ3n) is 4.19. The zero-order valence-corrected chi connectivity index (χ0v) is 15.0. The predicted octanol–water partition coefficient (Wildman–Crippen LogP) is 3.88. The SMILES string of the molecule is CCOc1ccc(-c2[nH]c3ccc(OC)cc3c2CC(=O)O)cc1OC. The zero-order valence-electron chi connectivity index (χ0n) is 15.0. The molecule has 6 heteroatoms. The van der Waals surface area contributed by atoms with E-state index in [2.05, 4.69) is 4.98 Å². The molecule has 0 atom stereocenters. The number of aromatic nitrogens is 1. The van der Waals surface area contributed by atoms with Crippen molar-refractivity contribution in [3.05, 3.63) is 42.0 Å². The van der Waals surface area contributed by atoms with Crippen LogP contribution in [0.25, 0.3) is 22.2 Å². The molecule has 0 saturated carbocycles. The summed E-state index contributed by atoms with van der Waals surface area (Å²) >= 11 is 0. The van der Waals surface area contributed by atoms with Gasteiger partial charge in [0.15, 0.2) is 11.5 Å². The number of fused-ring (bicyclic) bond motifs is 1. The van der Waals surface area contributed by atoms with Gasteiger partial charge in [-0.2, -0.15) is 0 Å². The van der Waals surface area contributed by atoms with Crippen LogP contribution < -0.4 is 14.2 Å². The van der Waals surface area contributed by atoms with Gasteiger partial charge in [0, 0.05) is 16.5 Å². The van der Waals surface area contributed by atoms with E-state index in [0.717, 1.165) is 22.2 Å². The molecule has 2 N–H and O–H groups in total. The quantitative estimate of drug-likeness (QED) is 0.672. The number of aliphatic carboxylic acids is 1. The molecule has 3 aromatic rings. The van der Waals surface area contributed by atoms with Gasteiger partial charge in [-0.3, -0.25) is 4.79 Å². The molecule has 2 aromatic carbocycles. The summed E-state index contributed by atoms with van der Waals surface area (Å²) in [5, 5.41) is 10.2. The van der Waals surface area contributed by atoms with E-state index in [9.17, 15) is 9.90 Å². The minimum atomic E-state index is -0.895. The zero-order chi connectivity index (χ0) is 18.7. The Hall–Kier alpha value is -3.15. The van der Waals surface area contributed by atoms with Crippen LogP contribution in [0.2, 0.25) is 0 Å². The van der Waals surface area contributed by atoms with Crippen LogP contribution in [0.15, 0.2) is 36.4 Å². The van der Waals surface area contributed by atoms with E-state index in [1.54, 1.807) is 14.2 Å². The van der Waals surface area contributed by atoms with Crippen molar-refractivity contribution < 1.29 is 24.1 Å². The van der Waals surface area contributed by atoms with Crippen LogP contribution in [0.4, 0.5) is 0 Å². The van der Waals surface area contributed by atoms with E-state index < -0.39 is 5.97 Å². The number of benzene rings is 2. The van der Waals surface area contributed by atoms with Crippen molar-refractivity contribution in [2.24, 2.45) is 0 Å². The highest BCUT2D eigenvalue weighted by molar-refractivity contribution is 5.94. The number of methoxy groups -OCH3 is 2. The topological polar surface area (TPSA) is 80.8 Å².